The number of rotatable bonds is 5. The summed E-state index contributed by atoms with van der Waals surface area (Å²) in [6.45, 7) is 0.170. The van der Waals surface area contributed by atoms with Crippen LogP contribution in [0.1, 0.15) is 5.56 Å². The number of H-pyrrole nitrogens is 1. The monoisotopic (exact) mass is 303 g/mol. The Morgan fingerprint density at radius 1 is 1.24 bits per heavy atom. The molecule has 3 rings (SSSR count). The van der Waals surface area contributed by atoms with Crippen LogP contribution in [0, 0.1) is 0 Å². The highest BCUT2D eigenvalue weighted by molar-refractivity contribution is 7.89. The lowest BCUT2D eigenvalue weighted by atomic mass is 10.2. The molecule has 0 aliphatic carbocycles. The van der Waals surface area contributed by atoms with Crippen molar-refractivity contribution in [3.8, 4) is 5.69 Å². The normalized spacial score (nSPS) is 11.6. The molecule has 2 heterocycles. The van der Waals surface area contributed by atoms with Crippen molar-refractivity contribution in [3.63, 3.8) is 0 Å². The molecule has 0 fully saturated rings. The Hall–Kier alpha value is -2.45. The van der Waals surface area contributed by atoms with Crippen molar-refractivity contribution in [1.29, 1.82) is 0 Å². The van der Waals surface area contributed by atoms with Gasteiger partial charge in [-0.05, 0) is 17.7 Å². The van der Waals surface area contributed by atoms with Crippen molar-refractivity contribution in [2.24, 2.45) is 0 Å². The number of hydrogen-bond acceptors (Lipinski definition) is 4. The Bertz CT molecular complexity index is 810. The van der Waals surface area contributed by atoms with Gasteiger partial charge >= 0.3 is 0 Å². The molecule has 2 N–H and O–H groups in total. The zero-order valence-electron chi connectivity index (χ0n) is 11.0. The Labute approximate surface area is 121 Å². The topological polar surface area (TPSA) is 92.7 Å². The molecule has 0 amide bonds. The number of nitrogens with zero attached hydrogens (tertiary/aromatic N) is 3. The number of benzene rings is 1. The molecule has 0 aliphatic heterocycles. The largest absolute Gasteiger partial charge is 0.284 e. The van der Waals surface area contributed by atoms with Gasteiger partial charge in [0.05, 0.1) is 11.9 Å². The van der Waals surface area contributed by atoms with Gasteiger partial charge < -0.3 is 0 Å². The number of sulfonamides is 1. The van der Waals surface area contributed by atoms with E-state index in [2.05, 4.69) is 20.0 Å². The molecule has 0 saturated carbocycles. The maximum Gasteiger partial charge on any atom is 0.243 e. The molecule has 0 saturated heterocycles. The van der Waals surface area contributed by atoms with E-state index in [0.29, 0.717) is 0 Å². The van der Waals surface area contributed by atoms with Crippen LogP contribution in [-0.2, 0) is 16.6 Å². The van der Waals surface area contributed by atoms with Crippen LogP contribution in [0.5, 0.6) is 0 Å². The van der Waals surface area contributed by atoms with Crippen LogP contribution in [0.15, 0.2) is 60.0 Å². The van der Waals surface area contributed by atoms with Gasteiger partial charge in [-0.3, -0.25) is 5.10 Å². The smallest absolute Gasteiger partial charge is 0.243 e. The van der Waals surface area contributed by atoms with E-state index in [9.17, 15) is 8.42 Å². The van der Waals surface area contributed by atoms with Crippen LogP contribution in [-0.4, -0.2) is 28.4 Å². The minimum absolute atomic E-state index is 0.110. The van der Waals surface area contributed by atoms with E-state index in [1.165, 1.54) is 12.4 Å². The van der Waals surface area contributed by atoms with Gasteiger partial charge in [-0.1, -0.05) is 18.2 Å². The van der Waals surface area contributed by atoms with Gasteiger partial charge in [0.25, 0.3) is 0 Å². The third kappa shape index (κ3) is 2.86. The summed E-state index contributed by atoms with van der Waals surface area (Å²) in [6, 6.07) is 9.29. The zero-order chi connectivity index (χ0) is 14.7. The third-order valence-corrected chi connectivity index (χ3v) is 4.35. The van der Waals surface area contributed by atoms with Gasteiger partial charge in [-0.2, -0.15) is 10.2 Å². The fraction of sp³-hybridized carbons (Fsp3) is 0.0769. The first-order valence-corrected chi connectivity index (χ1v) is 7.71. The first-order chi connectivity index (χ1) is 10.2. The quantitative estimate of drug-likeness (QED) is 0.737. The van der Waals surface area contributed by atoms with Crippen LogP contribution in [0.2, 0.25) is 0 Å². The first-order valence-electron chi connectivity index (χ1n) is 6.23. The molecule has 0 radical (unpaired) electrons. The molecule has 3 aromatic rings. The van der Waals surface area contributed by atoms with Gasteiger partial charge in [0.2, 0.25) is 10.0 Å². The summed E-state index contributed by atoms with van der Waals surface area (Å²) >= 11 is 0. The molecule has 0 atom stereocenters. The van der Waals surface area contributed by atoms with Gasteiger partial charge in [0, 0.05) is 25.1 Å². The number of para-hydroxylation sites is 1. The average molecular weight is 303 g/mol. The van der Waals surface area contributed by atoms with E-state index >= 15 is 0 Å². The van der Waals surface area contributed by atoms with Gasteiger partial charge in [-0.15, -0.1) is 0 Å². The molecular weight excluding hydrogens is 290 g/mol. The lowest BCUT2D eigenvalue weighted by Crippen LogP contribution is -2.23. The van der Waals surface area contributed by atoms with Gasteiger partial charge in [0.15, 0.2) is 0 Å². The zero-order valence-corrected chi connectivity index (χ0v) is 11.8. The van der Waals surface area contributed by atoms with E-state index in [1.54, 1.807) is 10.9 Å². The Balaban J connectivity index is 1.84. The summed E-state index contributed by atoms with van der Waals surface area (Å²) in [6.07, 6.45) is 6.08. The second-order valence-electron chi connectivity index (χ2n) is 4.34. The number of aromatic nitrogens is 4. The molecule has 0 unspecified atom stereocenters. The van der Waals surface area contributed by atoms with Crippen LogP contribution in [0.25, 0.3) is 5.69 Å². The molecule has 1 aromatic carbocycles. The summed E-state index contributed by atoms with van der Waals surface area (Å²) in [5.74, 6) is 0. The van der Waals surface area contributed by atoms with Crippen LogP contribution in [0.4, 0.5) is 0 Å². The summed E-state index contributed by atoms with van der Waals surface area (Å²) in [5.41, 5.74) is 1.66. The van der Waals surface area contributed by atoms with Crippen molar-refractivity contribution in [2.75, 3.05) is 0 Å². The highest BCUT2D eigenvalue weighted by atomic mass is 32.2. The van der Waals surface area contributed by atoms with Gasteiger partial charge in [0.1, 0.15) is 4.90 Å². The van der Waals surface area contributed by atoms with Crippen LogP contribution in [0.3, 0.4) is 0 Å². The second kappa shape index (κ2) is 5.51. The Morgan fingerprint density at radius 3 is 2.81 bits per heavy atom. The number of nitrogens with one attached hydrogen (secondary N) is 2. The molecule has 0 bridgehead atoms. The number of hydrogen-bond donors (Lipinski definition) is 2. The highest BCUT2D eigenvalue weighted by Crippen LogP contribution is 2.14. The minimum atomic E-state index is -3.57. The lowest BCUT2D eigenvalue weighted by Gasteiger charge is -2.10. The lowest BCUT2D eigenvalue weighted by molar-refractivity contribution is 0.581. The predicted octanol–water partition coefficient (Wildman–Crippen LogP) is 1.07. The fourth-order valence-corrected chi connectivity index (χ4v) is 2.85. The maximum absolute atomic E-state index is 12.1. The molecule has 0 aliphatic rings. The van der Waals surface area contributed by atoms with E-state index in [4.69, 9.17) is 0 Å². The summed E-state index contributed by atoms with van der Waals surface area (Å²) in [7, 11) is -3.57. The maximum atomic E-state index is 12.1. The molecule has 0 spiro atoms. The summed E-state index contributed by atoms with van der Waals surface area (Å²) in [5, 5.41) is 10.3. The van der Waals surface area contributed by atoms with Crippen molar-refractivity contribution < 1.29 is 8.42 Å². The van der Waals surface area contributed by atoms with Crippen molar-refractivity contribution in [2.45, 2.75) is 11.4 Å². The van der Waals surface area contributed by atoms with E-state index < -0.39 is 10.0 Å². The molecule has 21 heavy (non-hydrogen) atoms. The fourth-order valence-electron chi connectivity index (χ4n) is 1.94. The van der Waals surface area contributed by atoms with Crippen LogP contribution >= 0.6 is 0 Å². The van der Waals surface area contributed by atoms with E-state index in [-0.39, 0.29) is 11.4 Å². The van der Waals surface area contributed by atoms with E-state index in [1.807, 2.05) is 36.5 Å². The molecular formula is C13H13N5O2S. The van der Waals surface area contributed by atoms with Crippen molar-refractivity contribution in [3.05, 3.63) is 60.7 Å². The van der Waals surface area contributed by atoms with Crippen molar-refractivity contribution >= 4 is 10.0 Å². The summed E-state index contributed by atoms with van der Waals surface area (Å²) < 4.78 is 28.4. The first kappa shape index (κ1) is 13.5. The summed E-state index contributed by atoms with van der Waals surface area (Å²) in [4.78, 5) is 0.110. The standard InChI is InChI=1S/C13H13N5O2S/c19-21(20,12-9-14-15-10-12)17-8-11-4-1-2-5-13(11)18-7-3-6-16-18/h1-7,9-10,17H,8H2,(H,14,15). The average Bonchev–Trinajstić information content (AvgIpc) is 3.18. The molecule has 2 aromatic heterocycles. The Morgan fingerprint density at radius 2 is 2.10 bits per heavy atom. The molecule has 8 heteroatoms. The van der Waals surface area contributed by atoms with Crippen molar-refractivity contribution in [1.82, 2.24) is 24.7 Å². The predicted molar refractivity (Wildman–Crippen MR) is 76.2 cm³/mol. The molecule has 108 valence electrons. The van der Waals surface area contributed by atoms with E-state index in [0.717, 1.165) is 11.3 Å². The third-order valence-electron chi connectivity index (χ3n) is 2.98. The molecule has 7 nitrogen and oxygen atoms in total. The van der Waals surface area contributed by atoms with Crippen LogP contribution < -0.4 is 4.72 Å². The highest BCUT2D eigenvalue weighted by Gasteiger charge is 2.15. The second-order valence-corrected chi connectivity index (χ2v) is 6.10. The van der Waals surface area contributed by atoms with Gasteiger partial charge in [-0.25, -0.2) is 17.8 Å². The Kier molecular flexibility index (Phi) is 3.55. The minimum Gasteiger partial charge on any atom is -0.284 e. The number of aromatic amines is 1. The SMILES string of the molecule is O=S(=O)(NCc1ccccc1-n1cccn1)c1cn[nH]c1.